The smallest absolute Gasteiger partial charge is 0.267 e. The number of hydrogen-bond acceptors (Lipinski definition) is 4. The predicted molar refractivity (Wildman–Crippen MR) is 79.8 cm³/mol. The Balaban J connectivity index is 2.43. The van der Waals surface area contributed by atoms with E-state index in [4.69, 9.17) is 11.5 Å². The Bertz CT molecular complexity index is 633. The number of carbonyl (C=O) groups excluding carboxylic acids is 1. The fourth-order valence-electron chi connectivity index (χ4n) is 2.03. The van der Waals surface area contributed by atoms with E-state index < -0.39 is 5.91 Å². The second-order valence-electron chi connectivity index (χ2n) is 4.51. The largest absolute Gasteiger partial charge is 0.364 e. The highest BCUT2D eigenvalue weighted by Gasteiger charge is 2.14. The summed E-state index contributed by atoms with van der Waals surface area (Å²) < 4.78 is 14.0. The molecular weight excluding hydrogens is 271 g/mol. The monoisotopic (exact) mass is 288 g/mol. The number of amides is 1. The molecule has 0 aliphatic heterocycles. The number of anilines is 2. The molecule has 4 N–H and O–H groups in total. The van der Waals surface area contributed by atoms with Gasteiger partial charge in [0.2, 0.25) is 0 Å². The van der Waals surface area contributed by atoms with E-state index in [2.05, 4.69) is 4.98 Å². The van der Waals surface area contributed by atoms with Gasteiger partial charge in [-0.25, -0.2) is 4.39 Å². The summed E-state index contributed by atoms with van der Waals surface area (Å²) in [7, 11) is 0. The second-order valence-corrected chi connectivity index (χ2v) is 4.51. The van der Waals surface area contributed by atoms with E-state index in [0.717, 1.165) is 0 Å². The van der Waals surface area contributed by atoms with E-state index in [-0.39, 0.29) is 11.5 Å². The van der Waals surface area contributed by atoms with Crippen molar-refractivity contribution in [1.29, 1.82) is 0 Å². The molecule has 0 aliphatic rings. The lowest BCUT2D eigenvalue weighted by Gasteiger charge is -2.25. The summed E-state index contributed by atoms with van der Waals surface area (Å²) in [5.41, 5.74) is 12.0. The van der Waals surface area contributed by atoms with Crippen LogP contribution in [0.5, 0.6) is 0 Å². The summed E-state index contributed by atoms with van der Waals surface area (Å²) in [5.74, 6) is -0.962. The van der Waals surface area contributed by atoms with Crippen molar-refractivity contribution in [2.75, 3.05) is 18.0 Å². The third-order valence-corrected chi connectivity index (χ3v) is 3.04. The van der Waals surface area contributed by atoms with Crippen molar-refractivity contribution >= 4 is 17.3 Å². The first-order chi connectivity index (χ1) is 10.1. The molecule has 0 bridgehead atoms. The van der Waals surface area contributed by atoms with Crippen LogP contribution in [0.1, 0.15) is 16.9 Å². The van der Waals surface area contributed by atoms with Gasteiger partial charge in [0.05, 0.1) is 5.69 Å². The van der Waals surface area contributed by atoms with Crippen LogP contribution in [0, 0.1) is 5.82 Å². The number of para-hydroxylation sites is 1. The van der Waals surface area contributed by atoms with Gasteiger partial charge < -0.3 is 16.4 Å². The lowest BCUT2D eigenvalue weighted by molar-refractivity contribution is 0.0995. The quantitative estimate of drug-likeness (QED) is 0.849. The van der Waals surface area contributed by atoms with Crippen LogP contribution in [0.15, 0.2) is 42.6 Å². The van der Waals surface area contributed by atoms with Gasteiger partial charge in [-0.1, -0.05) is 12.1 Å². The minimum absolute atomic E-state index is 0.140. The Hall–Kier alpha value is -2.47. The van der Waals surface area contributed by atoms with Gasteiger partial charge in [-0.3, -0.25) is 9.78 Å². The average molecular weight is 288 g/mol. The number of primary amides is 1. The van der Waals surface area contributed by atoms with Crippen molar-refractivity contribution in [3.8, 4) is 0 Å². The molecule has 0 saturated carbocycles. The number of pyridine rings is 1. The number of halogens is 1. The molecular formula is C15H17FN4O. The molecule has 0 unspecified atom stereocenters. The van der Waals surface area contributed by atoms with Crippen molar-refractivity contribution < 1.29 is 9.18 Å². The molecule has 0 atom stereocenters. The molecule has 5 nitrogen and oxygen atoms in total. The summed E-state index contributed by atoms with van der Waals surface area (Å²) >= 11 is 0. The van der Waals surface area contributed by atoms with Crippen LogP contribution < -0.4 is 16.4 Å². The molecule has 0 radical (unpaired) electrons. The molecule has 0 aliphatic carbocycles. The lowest BCUT2D eigenvalue weighted by atomic mass is 10.2. The number of hydrogen-bond donors (Lipinski definition) is 2. The first-order valence-electron chi connectivity index (χ1n) is 6.61. The van der Waals surface area contributed by atoms with Crippen LogP contribution in [-0.4, -0.2) is 24.0 Å². The first-order valence-corrected chi connectivity index (χ1v) is 6.61. The maximum atomic E-state index is 14.0. The van der Waals surface area contributed by atoms with Crippen LogP contribution in [0.2, 0.25) is 0 Å². The predicted octanol–water partition coefficient (Wildman–Crippen LogP) is 1.81. The standard InChI is InChI=1S/C15H17FN4O/c16-12-4-1-2-5-14(12)20(9-3-7-17)11-6-8-19-13(10-11)15(18)21/h1-2,4-6,8,10H,3,7,9,17H2,(H2,18,21). The van der Waals surface area contributed by atoms with E-state index in [9.17, 15) is 9.18 Å². The van der Waals surface area contributed by atoms with Crippen LogP contribution in [0.25, 0.3) is 0 Å². The molecule has 0 fully saturated rings. The highest BCUT2D eigenvalue weighted by Crippen LogP contribution is 2.28. The molecule has 1 heterocycles. The van der Waals surface area contributed by atoms with Gasteiger partial charge in [-0.2, -0.15) is 0 Å². The van der Waals surface area contributed by atoms with Crippen molar-refractivity contribution in [3.63, 3.8) is 0 Å². The first kappa shape index (κ1) is 14.9. The summed E-state index contributed by atoms with van der Waals surface area (Å²) in [6, 6.07) is 9.70. The van der Waals surface area contributed by atoms with Crippen LogP contribution in [0.3, 0.4) is 0 Å². The van der Waals surface area contributed by atoms with Crippen molar-refractivity contribution in [2.24, 2.45) is 11.5 Å². The van der Waals surface area contributed by atoms with E-state index in [1.54, 1.807) is 35.2 Å². The van der Waals surface area contributed by atoms with Crippen LogP contribution in [-0.2, 0) is 0 Å². The Morgan fingerprint density at radius 1 is 1.29 bits per heavy atom. The van der Waals surface area contributed by atoms with Gasteiger partial charge in [-0.05, 0) is 37.2 Å². The van der Waals surface area contributed by atoms with E-state index >= 15 is 0 Å². The van der Waals surface area contributed by atoms with Crippen molar-refractivity contribution in [2.45, 2.75) is 6.42 Å². The van der Waals surface area contributed by atoms with Gasteiger partial charge in [0.25, 0.3) is 5.91 Å². The number of nitrogens with two attached hydrogens (primary N) is 2. The highest BCUT2D eigenvalue weighted by molar-refractivity contribution is 5.91. The molecule has 110 valence electrons. The summed E-state index contributed by atoms with van der Waals surface area (Å²) in [6.45, 7) is 1.01. The fourth-order valence-corrected chi connectivity index (χ4v) is 2.03. The van der Waals surface area contributed by atoms with Gasteiger partial charge in [0.1, 0.15) is 11.5 Å². The third-order valence-electron chi connectivity index (χ3n) is 3.04. The van der Waals surface area contributed by atoms with Gasteiger partial charge in [0, 0.05) is 18.4 Å². The fraction of sp³-hybridized carbons (Fsp3) is 0.200. The lowest BCUT2D eigenvalue weighted by Crippen LogP contribution is -2.23. The number of benzene rings is 1. The average Bonchev–Trinajstić information content (AvgIpc) is 2.49. The number of nitrogens with zero attached hydrogens (tertiary/aromatic N) is 2. The van der Waals surface area contributed by atoms with E-state index in [1.165, 1.54) is 12.3 Å². The van der Waals surface area contributed by atoms with Crippen LogP contribution in [0.4, 0.5) is 15.8 Å². The molecule has 21 heavy (non-hydrogen) atoms. The minimum atomic E-state index is -0.621. The maximum Gasteiger partial charge on any atom is 0.267 e. The molecule has 2 rings (SSSR count). The highest BCUT2D eigenvalue weighted by atomic mass is 19.1. The Kier molecular flexibility index (Phi) is 4.84. The van der Waals surface area contributed by atoms with Gasteiger partial charge in [0.15, 0.2) is 0 Å². The Morgan fingerprint density at radius 3 is 2.71 bits per heavy atom. The Morgan fingerprint density at radius 2 is 2.05 bits per heavy atom. The number of carbonyl (C=O) groups is 1. The molecule has 0 saturated heterocycles. The maximum absolute atomic E-state index is 14.0. The normalized spacial score (nSPS) is 10.4. The van der Waals surface area contributed by atoms with Crippen LogP contribution >= 0.6 is 0 Å². The molecule has 1 aromatic heterocycles. The molecule has 2 aromatic rings. The SMILES string of the molecule is NCCCN(c1ccnc(C(N)=O)c1)c1ccccc1F. The number of aromatic nitrogens is 1. The van der Waals surface area contributed by atoms with E-state index in [0.29, 0.717) is 30.9 Å². The minimum Gasteiger partial charge on any atom is -0.364 e. The van der Waals surface area contributed by atoms with Crippen molar-refractivity contribution in [3.05, 3.63) is 54.1 Å². The topological polar surface area (TPSA) is 85.2 Å². The molecule has 1 amide bonds. The zero-order valence-corrected chi connectivity index (χ0v) is 11.5. The summed E-state index contributed by atoms with van der Waals surface area (Å²) in [4.78, 5) is 16.9. The second kappa shape index (κ2) is 6.81. The van der Waals surface area contributed by atoms with Gasteiger partial charge in [-0.15, -0.1) is 0 Å². The summed E-state index contributed by atoms with van der Waals surface area (Å²) in [5, 5.41) is 0. The number of rotatable bonds is 6. The van der Waals surface area contributed by atoms with E-state index in [1.807, 2.05) is 0 Å². The zero-order valence-electron chi connectivity index (χ0n) is 11.5. The molecule has 0 spiro atoms. The summed E-state index contributed by atoms with van der Waals surface area (Å²) in [6.07, 6.45) is 2.16. The Labute approximate surface area is 122 Å². The molecule has 6 heteroatoms. The van der Waals surface area contributed by atoms with Crippen molar-refractivity contribution in [1.82, 2.24) is 4.98 Å². The third kappa shape index (κ3) is 3.55. The van der Waals surface area contributed by atoms with Gasteiger partial charge >= 0.3 is 0 Å². The zero-order chi connectivity index (χ0) is 15.2. The molecule has 1 aromatic carbocycles.